The first kappa shape index (κ1) is 25.2. The van der Waals surface area contributed by atoms with Gasteiger partial charge in [-0.05, 0) is 42.1 Å². The molecule has 2 aromatic carbocycles. The van der Waals surface area contributed by atoms with E-state index in [0.717, 1.165) is 13.0 Å². The van der Waals surface area contributed by atoms with Gasteiger partial charge >= 0.3 is 5.97 Å². The zero-order valence-electron chi connectivity index (χ0n) is 19.6. The van der Waals surface area contributed by atoms with Gasteiger partial charge in [0.05, 0.1) is 23.2 Å². The number of aliphatic hydroxyl groups excluding tert-OH is 1. The van der Waals surface area contributed by atoms with Gasteiger partial charge in [-0.3, -0.25) is 4.79 Å². The Morgan fingerprint density at radius 1 is 1.31 bits per heavy atom. The standard InChI is InChI=1S/C26H28ClFN2O5/c1-14(2)22(13-31)30-12-19(26(33)34)25(32)18-9-16(8-15-4-3-5-20(27)24(15)28)23(10-21(18)30)35-17-6-7-29-11-17/h3-5,9-10,12,14,17,22,29,31H,6-8,11,13H2,1-2H3,(H,33,34)/t17-,22-/m1/s1. The summed E-state index contributed by atoms with van der Waals surface area (Å²) in [6.45, 7) is 5.03. The van der Waals surface area contributed by atoms with Crippen molar-refractivity contribution in [3.63, 3.8) is 0 Å². The van der Waals surface area contributed by atoms with Crippen molar-refractivity contribution in [3.8, 4) is 5.75 Å². The minimum Gasteiger partial charge on any atom is -0.489 e. The number of carboxylic acid groups (broad SMARTS) is 1. The van der Waals surface area contributed by atoms with Crippen LogP contribution in [-0.2, 0) is 6.42 Å². The third kappa shape index (κ3) is 5.05. The summed E-state index contributed by atoms with van der Waals surface area (Å²) >= 11 is 5.98. The molecule has 2 atom stereocenters. The van der Waals surface area contributed by atoms with Crippen LogP contribution in [0, 0.1) is 11.7 Å². The van der Waals surface area contributed by atoms with Gasteiger partial charge in [0.1, 0.15) is 23.2 Å². The molecule has 0 radical (unpaired) electrons. The third-order valence-corrected chi connectivity index (χ3v) is 6.77. The number of ether oxygens (including phenoxy) is 1. The minimum absolute atomic E-state index is 0.0102. The number of carboxylic acids is 1. The second-order valence-corrected chi connectivity index (χ2v) is 9.58. The molecule has 0 amide bonds. The van der Waals surface area contributed by atoms with Crippen LogP contribution in [0.2, 0.25) is 5.02 Å². The molecule has 1 aromatic heterocycles. The molecule has 0 aliphatic carbocycles. The van der Waals surface area contributed by atoms with E-state index in [0.29, 0.717) is 28.9 Å². The number of carbonyl (C=O) groups is 1. The molecule has 1 aliphatic rings. The minimum atomic E-state index is -1.36. The van der Waals surface area contributed by atoms with E-state index in [1.54, 1.807) is 28.8 Å². The van der Waals surface area contributed by atoms with Gasteiger partial charge in [0.2, 0.25) is 5.43 Å². The second-order valence-electron chi connectivity index (χ2n) is 9.18. The molecular weight excluding hydrogens is 475 g/mol. The summed E-state index contributed by atoms with van der Waals surface area (Å²) in [4.78, 5) is 25.1. The van der Waals surface area contributed by atoms with Crippen molar-refractivity contribution in [2.45, 2.75) is 38.8 Å². The molecule has 0 unspecified atom stereocenters. The second kappa shape index (κ2) is 10.4. The summed E-state index contributed by atoms with van der Waals surface area (Å²) in [5.41, 5.74) is 0.276. The van der Waals surface area contributed by atoms with Crippen molar-refractivity contribution in [2.75, 3.05) is 19.7 Å². The predicted molar refractivity (Wildman–Crippen MR) is 132 cm³/mol. The van der Waals surface area contributed by atoms with E-state index >= 15 is 0 Å². The molecule has 2 heterocycles. The molecule has 0 saturated carbocycles. The normalized spacial score (nSPS) is 16.7. The molecule has 3 aromatic rings. The molecule has 186 valence electrons. The summed E-state index contributed by atoms with van der Waals surface area (Å²) in [5, 5.41) is 23.2. The lowest BCUT2D eigenvalue weighted by Gasteiger charge is -2.26. The van der Waals surface area contributed by atoms with Crippen LogP contribution < -0.4 is 15.5 Å². The molecule has 9 heteroatoms. The zero-order valence-corrected chi connectivity index (χ0v) is 20.3. The Labute approximate surface area is 207 Å². The van der Waals surface area contributed by atoms with Crippen molar-refractivity contribution < 1.29 is 24.1 Å². The van der Waals surface area contributed by atoms with Crippen molar-refractivity contribution in [3.05, 3.63) is 74.3 Å². The van der Waals surface area contributed by atoms with Crippen LogP contribution in [-0.4, -0.2) is 46.5 Å². The molecule has 1 saturated heterocycles. The molecule has 4 rings (SSSR count). The summed E-state index contributed by atoms with van der Waals surface area (Å²) in [5.74, 6) is -1.48. The lowest BCUT2D eigenvalue weighted by atomic mass is 9.98. The van der Waals surface area contributed by atoms with E-state index in [1.807, 2.05) is 13.8 Å². The van der Waals surface area contributed by atoms with E-state index in [9.17, 15) is 24.2 Å². The number of pyridine rings is 1. The number of aliphatic hydroxyl groups is 1. The summed E-state index contributed by atoms with van der Waals surface area (Å²) in [6, 6.07) is 7.53. The predicted octanol–water partition coefficient (Wildman–Crippen LogP) is 4.01. The number of aromatic nitrogens is 1. The Balaban J connectivity index is 1.97. The largest absolute Gasteiger partial charge is 0.489 e. The molecule has 35 heavy (non-hydrogen) atoms. The van der Waals surface area contributed by atoms with Crippen LogP contribution in [0.15, 0.2) is 41.3 Å². The van der Waals surface area contributed by atoms with Gasteiger partial charge in [-0.1, -0.05) is 37.6 Å². The van der Waals surface area contributed by atoms with Gasteiger partial charge in [0.25, 0.3) is 0 Å². The van der Waals surface area contributed by atoms with Gasteiger partial charge in [-0.2, -0.15) is 0 Å². The molecule has 7 nitrogen and oxygen atoms in total. The lowest BCUT2D eigenvalue weighted by Crippen LogP contribution is -2.26. The molecule has 1 aliphatic heterocycles. The Morgan fingerprint density at radius 2 is 2.09 bits per heavy atom. The Kier molecular flexibility index (Phi) is 7.44. The topological polar surface area (TPSA) is 101 Å². The zero-order chi connectivity index (χ0) is 25.3. The number of aromatic carboxylic acids is 1. The number of nitrogens with one attached hydrogen (secondary N) is 1. The van der Waals surface area contributed by atoms with Crippen LogP contribution in [0.3, 0.4) is 0 Å². The van der Waals surface area contributed by atoms with Crippen molar-refractivity contribution in [1.29, 1.82) is 0 Å². The van der Waals surface area contributed by atoms with Gasteiger partial charge in [-0.15, -0.1) is 0 Å². The number of fused-ring (bicyclic) bond motifs is 1. The van der Waals surface area contributed by atoms with Crippen molar-refractivity contribution >= 4 is 28.5 Å². The smallest absolute Gasteiger partial charge is 0.341 e. The summed E-state index contributed by atoms with van der Waals surface area (Å²) in [6.07, 6.45) is 2.07. The van der Waals surface area contributed by atoms with Gasteiger partial charge in [0.15, 0.2) is 0 Å². The monoisotopic (exact) mass is 502 g/mol. The molecule has 1 fully saturated rings. The summed E-state index contributed by atoms with van der Waals surface area (Å²) < 4.78 is 22.7. The maximum atomic E-state index is 14.7. The Hall–Kier alpha value is -2.94. The quantitative estimate of drug-likeness (QED) is 0.430. The lowest BCUT2D eigenvalue weighted by molar-refractivity contribution is 0.0694. The summed E-state index contributed by atoms with van der Waals surface area (Å²) in [7, 11) is 0. The average Bonchev–Trinajstić information content (AvgIpc) is 3.32. The number of rotatable bonds is 8. The first-order chi connectivity index (χ1) is 16.7. The van der Waals surface area contributed by atoms with Gasteiger partial charge < -0.3 is 24.8 Å². The highest BCUT2D eigenvalue weighted by molar-refractivity contribution is 6.30. The van der Waals surface area contributed by atoms with E-state index in [-0.39, 0.29) is 35.5 Å². The maximum Gasteiger partial charge on any atom is 0.341 e. The first-order valence-electron chi connectivity index (χ1n) is 11.6. The molecule has 3 N–H and O–H groups in total. The van der Waals surface area contributed by atoms with Crippen LogP contribution in [0.5, 0.6) is 5.75 Å². The van der Waals surface area contributed by atoms with Crippen LogP contribution in [0.25, 0.3) is 10.9 Å². The highest BCUT2D eigenvalue weighted by atomic mass is 35.5. The van der Waals surface area contributed by atoms with Crippen molar-refractivity contribution in [1.82, 2.24) is 9.88 Å². The maximum absolute atomic E-state index is 14.7. The van der Waals surface area contributed by atoms with E-state index in [4.69, 9.17) is 16.3 Å². The van der Waals surface area contributed by atoms with Gasteiger partial charge in [0, 0.05) is 30.6 Å². The fourth-order valence-corrected chi connectivity index (χ4v) is 4.71. The number of benzene rings is 2. The van der Waals surface area contributed by atoms with Crippen LogP contribution in [0.4, 0.5) is 4.39 Å². The van der Waals surface area contributed by atoms with E-state index in [1.165, 1.54) is 12.3 Å². The fourth-order valence-electron chi connectivity index (χ4n) is 4.51. The van der Waals surface area contributed by atoms with Crippen LogP contribution >= 0.6 is 11.6 Å². The van der Waals surface area contributed by atoms with E-state index < -0.39 is 28.8 Å². The fraction of sp³-hybridized carbons (Fsp3) is 0.385. The number of hydrogen-bond donors (Lipinski definition) is 3. The highest BCUT2D eigenvalue weighted by Crippen LogP contribution is 2.32. The highest BCUT2D eigenvalue weighted by Gasteiger charge is 2.25. The molecular formula is C26H28ClFN2O5. The Bertz CT molecular complexity index is 1320. The molecule has 0 spiro atoms. The number of halogens is 2. The van der Waals surface area contributed by atoms with Gasteiger partial charge in [-0.25, -0.2) is 9.18 Å². The number of nitrogens with zero attached hydrogens (tertiary/aromatic N) is 1. The number of hydrogen-bond acceptors (Lipinski definition) is 5. The van der Waals surface area contributed by atoms with Crippen molar-refractivity contribution in [2.24, 2.45) is 5.92 Å². The van der Waals surface area contributed by atoms with E-state index in [2.05, 4.69) is 5.32 Å². The SMILES string of the molecule is CC(C)[C@@H](CO)n1cc(C(=O)O)c(=O)c2cc(Cc3cccc(Cl)c3F)c(O[C@@H]3CCNC3)cc21. The molecule has 0 bridgehead atoms. The average molecular weight is 503 g/mol. The Morgan fingerprint density at radius 3 is 2.71 bits per heavy atom. The third-order valence-electron chi connectivity index (χ3n) is 6.48. The first-order valence-corrected chi connectivity index (χ1v) is 11.9. The van der Waals surface area contributed by atoms with Crippen LogP contribution in [0.1, 0.15) is 47.8 Å².